The van der Waals surface area contributed by atoms with Crippen molar-refractivity contribution >= 4 is 16.9 Å². The largest absolute Gasteiger partial charge is 0.460 e. The normalized spacial score (nSPS) is 19.8. The van der Waals surface area contributed by atoms with Crippen molar-refractivity contribution in [1.82, 2.24) is 9.47 Å². The Kier molecular flexibility index (Phi) is 3.92. The van der Waals surface area contributed by atoms with Crippen molar-refractivity contribution < 1.29 is 18.7 Å². The SMILES string of the molecule is CCn1ccc2oc(C)c(C(=O)N3CCC4(CC3)OCCO4)c2c1=O. The van der Waals surface area contributed by atoms with Gasteiger partial charge in [-0.15, -0.1) is 0 Å². The van der Waals surface area contributed by atoms with E-state index in [9.17, 15) is 9.59 Å². The lowest BCUT2D eigenvalue weighted by atomic mass is 10.0. The van der Waals surface area contributed by atoms with E-state index in [0.29, 0.717) is 68.0 Å². The predicted octanol–water partition coefficient (Wildman–Crippen LogP) is 1.90. The van der Waals surface area contributed by atoms with Gasteiger partial charge in [0.1, 0.15) is 11.3 Å². The van der Waals surface area contributed by atoms with Crippen molar-refractivity contribution in [2.75, 3.05) is 26.3 Å². The summed E-state index contributed by atoms with van der Waals surface area (Å²) in [6.45, 7) is 6.48. The lowest BCUT2D eigenvalue weighted by Gasteiger charge is -2.37. The second kappa shape index (κ2) is 6.00. The number of amides is 1. The average molecular weight is 346 g/mol. The van der Waals surface area contributed by atoms with Gasteiger partial charge >= 0.3 is 0 Å². The first kappa shape index (κ1) is 16.4. The Balaban J connectivity index is 1.66. The number of nitrogens with zero attached hydrogens (tertiary/aromatic N) is 2. The summed E-state index contributed by atoms with van der Waals surface area (Å²) >= 11 is 0. The van der Waals surface area contributed by atoms with Crippen molar-refractivity contribution in [3.8, 4) is 0 Å². The van der Waals surface area contributed by atoms with Crippen molar-refractivity contribution in [2.24, 2.45) is 0 Å². The van der Waals surface area contributed by atoms with Crippen molar-refractivity contribution in [3.05, 3.63) is 33.9 Å². The molecule has 0 saturated carbocycles. The third-order valence-corrected chi connectivity index (χ3v) is 5.17. The first-order valence-corrected chi connectivity index (χ1v) is 8.74. The molecule has 0 unspecified atom stereocenters. The number of carbonyl (C=O) groups excluding carboxylic acids is 1. The van der Waals surface area contributed by atoms with Crippen LogP contribution in [0.15, 0.2) is 21.5 Å². The number of aromatic nitrogens is 1. The molecule has 0 bridgehead atoms. The molecule has 2 fully saturated rings. The minimum Gasteiger partial charge on any atom is -0.460 e. The number of piperidine rings is 1. The van der Waals surface area contributed by atoms with Crippen LogP contribution in [0.25, 0.3) is 11.0 Å². The molecule has 4 heterocycles. The monoisotopic (exact) mass is 346 g/mol. The molecule has 7 heteroatoms. The van der Waals surface area contributed by atoms with Crippen LogP contribution in [0.5, 0.6) is 0 Å². The zero-order chi connectivity index (χ0) is 17.6. The minimum absolute atomic E-state index is 0.157. The maximum atomic E-state index is 13.1. The number of rotatable bonds is 2. The van der Waals surface area contributed by atoms with E-state index >= 15 is 0 Å². The molecule has 2 aromatic rings. The van der Waals surface area contributed by atoms with E-state index in [1.807, 2.05) is 6.92 Å². The van der Waals surface area contributed by atoms with Crippen LogP contribution >= 0.6 is 0 Å². The van der Waals surface area contributed by atoms with Crippen LogP contribution in [0.3, 0.4) is 0 Å². The summed E-state index contributed by atoms with van der Waals surface area (Å²) in [6, 6.07) is 1.75. The highest BCUT2D eigenvalue weighted by Crippen LogP contribution is 2.33. The van der Waals surface area contributed by atoms with E-state index in [1.54, 1.807) is 28.7 Å². The number of hydrogen-bond donors (Lipinski definition) is 0. The maximum Gasteiger partial charge on any atom is 0.262 e. The van der Waals surface area contributed by atoms with E-state index in [2.05, 4.69) is 0 Å². The van der Waals surface area contributed by atoms with Crippen LogP contribution in [0.1, 0.15) is 35.9 Å². The zero-order valence-corrected chi connectivity index (χ0v) is 14.5. The number of hydrogen-bond acceptors (Lipinski definition) is 5. The Morgan fingerprint density at radius 3 is 2.56 bits per heavy atom. The van der Waals surface area contributed by atoms with Gasteiger partial charge in [0.25, 0.3) is 11.5 Å². The van der Waals surface area contributed by atoms with Crippen LogP contribution in [-0.4, -0.2) is 47.5 Å². The fourth-order valence-corrected chi connectivity index (χ4v) is 3.77. The van der Waals surface area contributed by atoms with Gasteiger partial charge in [0.2, 0.25) is 0 Å². The summed E-state index contributed by atoms with van der Waals surface area (Å²) in [7, 11) is 0. The van der Waals surface area contributed by atoms with Crippen LogP contribution in [-0.2, 0) is 16.0 Å². The molecular formula is C18H22N2O5. The molecule has 7 nitrogen and oxygen atoms in total. The Morgan fingerprint density at radius 2 is 1.92 bits per heavy atom. The summed E-state index contributed by atoms with van der Waals surface area (Å²) in [4.78, 5) is 27.5. The molecule has 25 heavy (non-hydrogen) atoms. The Bertz CT molecular complexity index is 865. The zero-order valence-electron chi connectivity index (χ0n) is 14.5. The number of ether oxygens (including phenoxy) is 2. The Morgan fingerprint density at radius 1 is 1.24 bits per heavy atom. The number of aryl methyl sites for hydroxylation is 2. The molecule has 0 aliphatic carbocycles. The highest BCUT2D eigenvalue weighted by atomic mass is 16.7. The van der Waals surface area contributed by atoms with Crippen LogP contribution in [0.4, 0.5) is 0 Å². The third kappa shape index (κ3) is 2.58. The van der Waals surface area contributed by atoms with Gasteiger partial charge in [-0.05, 0) is 19.9 Å². The van der Waals surface area contributed by atoms with Gasteiger partial charge in [-0.2, -0.15) is 0 Å². The van der Waals surface area contributed by atoms with E-state index in [-0.39, 0.29) is 11.5 Å². The molecule has 0 aromatic carbocycles. The Labute approximate surface area is 145 Å². The number of carbonyl (C=O) groups is 1. The van der Waals surface area contributed by atoms with Gasteiger partial charge in [-0.25, -0.2) is 0 Å². The van der Waals surface area contributed by atoms with Crippen LogP contribution < -0.4 is 5.56 Å². The summed E-state index contributed by atoms with van der Waals surface area (Å²) < 4.78 is 18.7. The smallest absolute Gasteiger partial charge is 0.262 e. The first-order valence-electron chi connectivity index (χ1n) is 8.74. The molecule has 2 aliphatic rings. The van der Waals surface area contributed by atoms with E-state index in [0.717, 1.165) is 0 Å². The van der Waals surface area contributed by atoms with Crippen molar-refractivity contribution in [2.45, 2.75) is 39.0 Å². The molecule has 0 atom stereocenters. The number of furan rings is 1. The molecule has 2 aliphatic heterocycles. The molecule has 134 valence electrons. The summed E-state index contributed by atoms with van der Waals surface area (Å²) in [5.41, 5.74) is 0.662. The number of likely N-dealkylation sites (tertiary alicyclic amines) is 1. The van der Waals surface area contributed by atoms with E-state index in [1.165, 1.54) is 0 Å². The van der Waals surface area contributed by atoms with Gasteiger partial charge in [0, 0.05) is 38.7 Å². The van der Waals surface area contributed by atoms with Crippen molar-refractivity contribution in [3.63, 3.8) is 0 Å². The lowest BCUT2D eigenvalue weighted by molar-refractivity contribution is -0.181. The predicted molar refractivity (Wildman–Crippen MR) is 90.7 cm³/mol. The molecule has 0 radical (unpaired) electrons. The standard InChI is InChI=1S/C18H22N2O5/c1-3-19-7-4-13-15(17(19)22)14(12(2)25-13)16(21)20-8-5-18(6-9-20)23-10-11-24-18/h4,7H,3,5-6,8-11H2,1-2H3. The molecule has 4 rings (SSSR count). The quantitative estimate of drug-likeness (QED) is 0.830. The van der Waals surface area contributed by atoms with Crippen LogP contribution in [0, 0.1) is 6.92 Å². The molecule has 1 spiro atoms. The van der Waals surface area contributed by atoms with E-state index < -0.39 is 5.79 Å². The van der Waals surface area contributed by atoms with Gasteiger partial charge in [-0.3, -0.25) is 9.59 Å². The second-order valence-electron chi connectivity index (χ2n) is 6.58. The summed E-state index contributed by atoms with van der Waals surface area (Å²) in [5, 5.41) is 0.375. The highest BCUT2D eigenvalue weighted by Gasteiger charge is 2.41. The second-order valence-corrected chi connectivity index (χ2v) is 6.58. The summed E-state index contributed by atoms with van der Waals surface area (Å²) in [6.07, 6.45) is 2.99. The van der Waals surface area contributed by atoms with Gasteiger partial charge < -0.3 is 23.4 Å². The molecule has 0 N–H and O–H groups in total. The van der Waals surface area contributed by atoms with Crippen molar-refractivity contribution in [1.29, 1.82) is 0 Å². The fraction of sp³-hybridized carbons (Fsp3) is 0.556. The van der Waals surface area contributed by atoms with Gasteiger partial charge in [0.05, 0.1) is 24.2 Å². The van der Waals surface area contributed by atoms with Crippen LogP contribution in [0.2, 0.25) is 0 Å². The minimum atomic E-state index is -0.529. The van der Waals surface area contributed by atoms with Gasteiger partial charge in [0.15, 0.2) is 5.79 Å². The summed E-state index contributed by atoms with van der Waals surface area (Å²) in [5.74, 6) is -0.200. The molecule has 2 aromatic heterocycles. The van der Waals surface area contributed by atoms with Gasteiger partial charge in [-0.1, -0.05) is 0 Å². The lowest BCUT2D eigenvalue weighted by Crippen LogP contribution is -2.47. The number of fused-ring (bicyclic) bond motifs is 1. The molecular weight excluding hydrogens is 324 g/mol. The van der Waals surface area contributed by atoms with E-state index in [4.69, 9.17) is 13.9 Å². The third-order valence-electron chi connectivity index (χ3n) is 5.17. The fourth-order valence-electron chi connectivity index (χ4n) is 3.77. The maximum absolute atomic E-state index is 13.1. The molecule has 2 saturated heterocycles. The Hall–Kier alpha value is -2.12. The number of pyridine rings is 1. The molecule has 1 amide bonds. The highest BCUT2D eigenvalue weighted by molar-refractivity contribution is 6.06. The first-order chi connectivity index (χ1) is 12.0. The average Bonchev–Trinajstić information content (AvgIpc) is 3.20. The topological polar surface area (TPSA) is 73.9 Å².